The Morgan fingerprint density at radius 1 is 1.43 bits per heavy atom. The number of piperidine rings is 1. The fourth-order valence-electron chi connectivity index (χ4n) is 3.36. The molecule has 0 N–H and O–H groups in total. The molecular formula is C17H21FN2O3. The minimum Gasteiger partial charge on any atom is -0.371 e. The quantitative estimate of drug-likeness (QED) is 0.819. The number of nitrogens with zero attached hydrogens (tertiary/aromatic N) is 2. The standard InChI is InChI=1S/C17H21FN2O3/c1-19-15-9-20(6-5-13(15)10-23-11-17(19)22)16(21)8-12-3-2-4-14(18)7-12/h2-4,7,13,15H,5-6,8-11H2,1H3/t13-,15-/m0/s1. The van der Waals surface area contributed by atoms with Crippen molar-refractivity contribution in [1.29, 1.82) is 0 Å². The smallest absolute Gasteiger partial charge is 0.248 e. The SMILES string of the molecule is CN1C(=O)COC[C@@H]2CCN(C(=O)Cc3cccc(F)c3)C[C@@H]21. The molecule has 2 aliphatic heterocycles. The van der Waals surface area contributed by atoms with Gasteiger partial charge in [-0.2, -0.15) is 0 Å². The van der Waals surface area contributed by atoms with Crippen molar-refractivity contribution < 1.29 is 18.7 Å². The third-order valence-electron chi connectivity index (χ3n) is 4.77. The van der Waals surface area contributed by atoms with Crippen LogP contribution in [0.5, 0.6) is 0 Å². The van der Waals surface area contributed by atoms with E-state index < -0.39 is 0 Å². The molecule has 124 valence electrons. The first-order chi connectivity index (χ1) is 11.0. The van der Waals surface area contributed by atoms with Crippen molar-refractivity contribution in [3.63, 3.8) is 0 Å². The molecule has 2 amide bonds. The van der Waals surface area contributed by atoms with Gasteiger partial charge < -0.3 is 14.5 Å². The van der Waals surface area contributed by atoms with Gasteiger partial charge >= 0.3 is 0 Å². The molecule has 6 heteroatoms. The number of amides is 2. The molecule has 0 radical (unpaired) electrons. The van der Waals surface area contributed by atoms with Crippen molar-refractivity contribution in [2.24, 2.45) is 5.92 Å². The lowest BCUT2D eigenvalue weighted by Crippen LogP contribution is -2.54. The monoisotopic (exact) mass is 320 g/mol. The van der Waals surface area contributed by atoms with Crippen LogP contribution < -0.4 is 0 Å². The topological polar surface area (TPSA) is 49.9 Å². The van der Waals surface area contributed by atoms with Crippen molar-refractivity contribution in [2.45, 2.75) is 18.9 Å². The molecule has 2 saturated heterocycles. The van der Waals surface area contributed by atoms with Crippen LogP contribution in [0.3, 0.4) is 0 Å². The van der Waals surface area contributed by atoms with Crippen molar-refractivity contribution in [2.75, 3.05) is 33.4 Å². The van der Waals surface area contributed by atoms with Crippen LogP contribution in [-0.4, -0.2) is 61.0 Å². The summed E-state index contributed by atoms with van der Waals surface area (Å²) in [7, 11) is 1.77. The van der Waals surface area contributed by atoms with Crippen LogP contribution in [0.15, 0.2) is 24.3 Å². The summed E-state index contributed by atoms with van der Waals surface area (Å²) >= 11 is 0. The molecule has 2 heterocycles. The van der Waals surface area contributed by atoms with Crippen LogP contribution in [0, 0.1) is 11.7 Å². The van der Waals surface area contributed by atoms with Gasteiger partial charge in [0.1, 0.15) is 12.4 Å². The van der Waals surface area contributed by atoms with E-state index in [1.165, 1.54) is 12.1 Å². The maximum absolute atomic E-state index is 13.2. The first kappa shape index (κ1) is 15.9. The Kier molecular flexibility index (Phi) is 4.61. The molecule has 23 heavy (non-hydrogen) atoms. The molecule has 0 bridgehead atoms. The van der Waals surface area contributed by atoms with E-state index in [1.807, 2.05) is 0 Å². The van der Waals surface area contributed by atoms with Gasteiger partial charge in [-0.3, -0.25) is 9.59 Å². The Hall–Kier alpha value is -1.95. The fraction of sp³-hybridized carbons (Fsp3) is 0.529. The predicted octanol–water partition coefficient (Wildman–Crippen LogP) is 1.07. The molecule has 2 atom stereocenters. The number of rotatable bonds is 2. The van der Waals surface area contributed by atoms with Gasteiger partial charge in [0, 0.05) is 26.1 Å². The second-order valence-corrected chi connectivity index (χ2v) is 6.28. The summed E-state index contributed by atoms with van der Waals surface area (Å²) in [6.45, 7) is 1.85. The molecule has 1 aromatic carbocycles. The molecular weight excluding hydrogens is 299 g/mol. The number of likely N-dealkylation sites (N-methyl/N-ethyl adjacent to an activating group) is 1. The maximum atomic E-state index is 13.2. The summed E-state index contributed by atoms with van der Waals surface area (Å²) < 4.78 is 18.7. The summed E-state index contributed by atoms with van der Waals surface area (Å²) in [4.78, 5) is 27.9. The zero-order valence-electron chi connectivity index (χ0n) is 13.2. The largest absolute Gasteiger partial charge is 0.371 e. The number of fused-ring (bicyclic) bond motifs is 1. The highest BCUT2D eigenvalue weighted by Gasteiger charge is 2.37. The third-order valence-corrected chi connectivity index (χ3v) is 4.77. The van der Waals surface area contributed by atoms with E-state index >= 15 is 0 Å². The molecule has 2 fully saturated rings. The maximum Gasteiger partial charge on any atom is 0.248 e. The average molecular weight is 320 g/mol. The zero-order valence-corrected chi connectivity index (χ0v) is 13.2. The summed E-state index contributed by atoms with van der Waals surface area (Å²) in [5.41, 5.74) is 0.672. The van der Waals surface area contributed by atoms with Gasteiger partial charge in [0.05, 0.1) is 19.1 Å². The number of halogens is 1. The number of hydrogen-bond donors (Lipinski definition) is 0. The lowest BCUT2D eigenvalue weighted by Gasteiger charge is -2.41. The summed E-state index contributed by atoms with van der Waals surface area (Å²) in [5, 5.41) is 0. The van der Waals surface area contributed by atoms with Crippen LogP contribution >= 0.6 is 0 Å². The van der Waals surface area contributed by atoms with E-state index in [4.69, 9.17) is 4.74 Å². The second-order valence-electron chi connectivity index (χ2n) is 6.28. The van der Waals surface area contributed by atoms with Gasteiger partial charge in [-0.15, -0.1) is 0 Å². The van der Waals surface area contributed by atoms with Crippen LogP contribution in [0.25, 0.3) is 0 Å². The molecule has 5 nitrogen and oxygen atoms in total. The molecule has 0 unspecified atom stereocenters. The van der Waals surface area contributed by atoms with E-state index in [-0.39, 0.29) is 42.6 Å². The van der Waals surface area contributed by atoms with Crippen molar-refractivity contribution in [3.05, 3.63) is 35.6 Å². The number of ether oxygens (including phenoxy) is 1. The highest BCUT2D eigenvalue weighted by Crippen LogP contribution is 2.25. The minimum atomic E-state index is -0.333. The van der Waals surface area contributed by atoms with Crippen molar-refractivity contribution in [1.82, 2.24) is 9.80 Å². The van der Waals surface area contributed by atoms with Gasteiger partial charge in [-0.25, -0.2) is 4.39 Å². The number of carbonyl (C=O) groups is 2. The lowest BCUT2D eigenvalue weighted by atomic mass is 9.91. The molecule has 3 rings (SSSR count). The minimum absolute atomic E-state index is 0.00444. The van der Waals surface area contributed by atoms with Crippen LogP contribution in [0.2, 0.25) is 0 Å². The van der Waals surface area contributed by atoms with Crippen LogP contribution in [0.1, 0.15) is 12.0 Å². The van der Waals surface area contributed by atoms with Crippen LogP contribution in [0.4, 0.5) is 4.39 Å². The van der Waals surface area contributed by atoms with Gasteiger partial charge in [0.2, 0.25) is 11.8 Å². The van der Waals surface area contributed by atoms with Crippen molar-refractivity contribution in [3.8, 4) is 0 Å². The van der Waals surface area contributed by atoms with Crippen molar-refractivity contribution >= 4 is 11.8 Å². The zero-order chi connectivity index (χ0) is 16.4. The Labute approximate surface area is 135 Å². The first-order valence-electron chi connectivity index (χ1n) is 7.90. The molecule has 0 spiro atoms. The van der Waals surface area contributed by atoms with Gasteiger partial charge in [0.15, 0.2) is 0 Å². The second kappa shape index (κ2) is 6.66. The predicted molar refractivity (Wildman–Crippen MR) is 82.2 cm³/mol. The highest BCUT2D eigenvalue weighted by molar-refractivity contribution is 5.80. The number of carbonyl (C=O) groups excluding carboxylic acids is 2. The molecule has 0 aromatic heterocycles. The van der Waals surface area contributed by atoms with E-state index in [0.29, 0.717) is 25.3 Å². The normalized spacial score (nSPS) is 25.0. The Bertz CT molecular complexity index is 607. The van der Waals surface area contributed by atoms with Crippen LogP contribution in [-0.2, 0) is 20.7 Å². The number of hydrogen-bond acceptors (Lipinski definition) is 3. The van der Waals surface area contributed by atoms with E-state index in [1.54, 1.807) is 29.0 Å². The highest BCUT2D eigenvalue weighted by atomic mass is 19.1. The fourth-order valence-corrected chi connectivity index (χ4v) is 3.36. The molecule has 1 aromatic rings. The Morgan fingerprint density at radius 2 is 2.26 bits per heavy atom. The molecule has 0 aliphatic carbocycles. The van der Waals surface area contributed by atoms with E-state index in [0.717, 1.165) is 6.42 Å². The number of likely N-dealkylation sites (tertiary alicyclic amines) is 1. The number of benzene rings is 1. The lowest BCUT2D eigenvalue weighted by molar-refractivity contribution is -0.138. The van der Waals surface area contributed by atoms with Gasteiger partial charge in [-0.1, -0.05) is 12.1 Å². The average Bonchev–Trinajstić information content (AvgIpc) is 2.67. The summed E-state index contributed by atoms with van der Waals surface area (Å²) in [5.74, 6) is -0.137. The van der Waals surface area contributed by atoms with E-state index in [9.17, 15) is 14.0 Å². The summed E-state index contributed by atoms with van der Waals surface area (Å²) in [6, 6.07) is 6.11. The molecule has 2 aliphatic rings. The Balaban J connectivity index is 1.67. The van der Waals surface area contributed by atoms with Gasteiger partial charge in [0.25, 0.3) is 0 Å². The third kappa shape index (κ3) is 3.52. The van der Waals surface area contributed by atoms with Gasteiger partial charge in [-0.05, 0) is 24.1 Å². The Morgan fingerprint density at radius 3 is 3.04 bits per heavy atom. The van der Waals surface area contributed by atoms with E-state index in [2.05, 4.69) is 0 Å². The summed E-state index contributed by atoms with van der Waals surface area (Å²) in [6.07, 6.45) is 1.00. The molecule has 0 saturated carbocycles. The first-order valence-corrected chi connectivity index (χ1v) is 7.90.